The van der Waals surface area contributed by atoms with Crippen LogP contribution in [0.15, 0.2) is 24.3 Å². The summed E-state index contributed by atoms with van der Waals surface area (Å²) >= 11 is 0. The van der Waals surface area contributed by atoms with E-state index in [0.29, 0.717) is 18.8 Å². The summed E-state index contributed by atoms with van der Waals surface area (Å²) in [5.74, 6) is 0.563. The number of amides is 1. The van der Waals surface area contributed by atoms with Crippen molar-refractivity contribution in [1.29, 1.82) is 0 Å². The summed E-state index contributed by atoms with van der Waals surface area (Å²) in [6, 6.07) is 7.59. The lowest BCUT2D eigenvalue weighted by atomic mass is 9.87. The summed E-state index contributed by atoms with van der Waals surface area (Å²) in [6.07, 6.45) is 0.312. The number of hydrogen-bond donors (Lipinski definition) is 2. The molecule has 1 aromatic carbocycles. The Balaban J connectivity index is 2.60. The molecule has 1 rings (SSSR count). The predicted octanol–water partition coefficient (Wildman–Crippen LogP) is 2.42. The van der Waals surface area contributed by atoms with Crippen molar-refractivity contribution in [2.45, 2.75) is 32.6 Å². The van der Waals surface area contributed by atoms with Crippen molar-refractivity contribution in [3.63, 3.8) is 0 Å². The van der Waals surface area contributed by atoms with Gasteiger partial charge in [-0.05, 0) is 36.1 Å². The minimum atomic E-state index is -0.436. The van der Waals surface area contributed by atoms with E-state index in [2.05, 4.69) is 26.1 Å². The first-order valence-electron chi connectivity index (χ1n) is 6.20. The fourth-order valence-corrected chi connectivity index (χ4v) is 1.46. The Hall–Kier alpha value is -1.55. The summed E-state index contributed by atoms with van der Waals surface area (Å²) in [5.41, 5.74) is 6.51. The van der Waals surface area contributed by atoms with Gasteiger partial charge in [0.05, 0.1) is 0 Å². The van der Waals surface area contributed by atoms with Gasteiger partial charge in [-0.25, -0.2) is 4.79 Å². The Morgan fingerprint density at radius 2 is 2.11 bits per heavy atom. The minimum Gasteiger partial charge on any atom is -0.410 e. The molecule has 0 fully saturated rings. The van der Waals surface area contributed by atoms with Crippen molar-refractivity contribution in [3.05, 3.63) is 29.8 Å². The summed E-state index contributed by atoms with van der Waals surface area (Å²) in [6.45, 7) is 7.45. The second-order valence-corrected chi connectivity index (χ2v) is 5.24. The predicted molar refractivity (Wildman–Crippen MR) is 72.8 cm³/mol. The molecule has 1 amide bonds. The van der Waals surface area contributed by atoms with Crippen LogP contribution in [0.25, 0.3) is 0 Å². The third kappa shape index (κ3) is 4.75. The van der Waals surface area contributed by atoms with Gasteiger partial charge in [-0.3, -0.25) is 0 Å². The average molecular weight is 250 g/mol. The number of rotatable bonds is 4. The molecule has 0 aliphatic rings. The van der Waals surface area contributed by atoms with E-state index in [1.54, 1.807) is 6.07 Å². The largest absolute Gasteiger partial charge is 0.412 e. The van der Waals surface area contributed by atoms with Crippen LogP contribution in [0.2, 0.25) is 0 Å². The second kappa shape index (κ2) is 6.40. The maximum Gasteiger partial charge on any atom is 0.412 e. The smallest absolute Gasteiger partial charge is 0.410 e. The van der Waals surface area contributed by atoms with Gasteiger partial charge in [0.1, 0.15) is 5.75 Å². The van der Waals surface area contributed by atoms with Crippen molar-refractivity contribution >= 4 is 6.09 Å². The SMILES string of the molecule is CC(C)(C)c1cccc(OC(=O)NCCCN)c1. The molecular weight excluding hydrogens is 228 g/mol. The first-order chi connectivity index (χ1) is 8.43. The van der Waals surface area contributed by atoms with E-state index in [-0.39, 0.29) is 5.41 Å². The van der Waals surface area contributed by atoms with Gasteiger partial charge in [0.25, 0.3) is 0 Å². The maximum absolute atomic E-state index is 11.5. The molecule has 100 valence electrons. The molecule has 0 aromatic heterocycles. The lowest BCUT2D eigenvalue weighted by molar-refractivity contribution is 0.200. The molecule has 1 aromatic rings. The summed E-state index contributed by atoms with van der Waals surface area (Å²) in [7, 11) is 0. The van der Waals surface area contributed by atoms with Crippen molar-refractivity contribution < 1.29 is 9.53 Å². The summed E-state index contributed by atoms with van der Waals surface area (Å²) in [4.78, 5) is 11.5. The van der Waals surface area contributed by atoms with Gasteiger partial charge in [0, 0.05) is 6.54 Å². The van der Waals surface area contributed by atoms with Crippen LogP contribution in [0.5, 0.6) is 5.75 Å². The topological polar surface area (TPSA) is 64.3 Å². The number of nitrogens with one attached hydrogen (secondary N) is 1. The zero-order valence-corrected chi connectivity index (χ0v) is 11.3. The van der Waals surface area contributed by atoms with Crippen LogP contribution in [-0.4, -0.2) is 19.2 Å². The molecule has 18 heavy (non-hydrogen) atoms. The molecule has 0 saturated carbocycles. The van der Waals surface area contributed by atoms with Gasteiger partial charge in [-0.1, -0.05) is 32.9 Å². The highest BCUT2D eigenvalue weighted by Gasteiger charge is 2.14. The van der Waals surface area contributed by atoms with E-state index in [4.69, 9.17) is 10.5 Å². The molecule has 4 nitrogen and oxygen atoms in total. The van der Waals surface area contributed by atoms with Gasteiger partial charge in [-0.15, -0.1) is 0 Å². The third-order valence-electron chi connectivity index (χ3n) is 2.56. The minimum absolute atomic E-state index is 0.0371. The molecule has 4 heteroatoms. The van der Waals surface area contributed by atoms with Crippen LogP contribution in [0.4, 0.5) is 4.79 Å². The molecule has 0 unspecified atom stereocenters. The van der Waals surface area contributed by atoms with Gasteiger partial charge < -0.3 is 15.8 Å². The molecule has 0 saturated heterocycles. The highest BCUT2D eigenvalue weighted by molar-refractivity contribution is 5.70. The number of carbonyl (C=O) groups excluding carboxylic acids is 1. The van der Waals surface area contributed by atoms with E-state index in [1.807, 2.05) is 18.2 Å². The van der Waals surface area contributed by atoms with Crippen LogP contribution in [0, 0.1) is 0 Å². The maximum atomic E-state index is 11.5. The normalized spacial score (nSPS) is 11.1. The van der Waals surface area contributed by atoms with Crippen LogP contribution in [0.1, 0.15) is 32.8 Å². The molecule has 0 aliphatic carbocycles. The van der Waals surface area contributed by atoms with Crippen molar-refractivity contribution in [2.75, 3.05) is 13.1 Å². The number of nitrogens with two attached hydrogens (primary N) is 1. The Kier molecular flexibility index (Phi) is 5.16. The molecule has 3 N–H and O–H groups in total. The van der Waals surface area contributed by atoms with Crippen LogP contribution >= 0.6 is 0 Å². The molecule has 0 heterocycles. The standard InChI is InChI=1S/C14H22N2O2/c1-14(2,3)11-6-4-7-12(10-11)18-13(17)16-9-5-8-15/h4,6-7,10H,5,8-9,15H2,1-3H3,(H,16,17). The Morgan fingerprint density at radius 1 is 1.39 bits per heavy atom. The Morgan fingerprint density at radius 3 is 2.72 bits per heavy atom. The van der Waals surface area contributed by atoms with Gasteiger partial charge >= 0.3 is 6.09 Å². The molecular formula is C14H22N2O2. The van der Waals surface area contributed by atoms with Crippen LogP contribution < -0.4 is 15.8 Å². The fraction of sp³-hybridized carbons (Fsp3) is 0.500. The van der Waals surface area contributed by atoms with E-state index in [9.17, 15) is 4.79 Å². The average Bonchev–Trinajstić information content (AvgIpc) is 2.28. The lowest BCUT2D eigenvalue weighted by Gasteiger charge is -2.19. The van der Waals surface area contributed by atoms with Crippen molar-refractivity contribution in [3.8, 4) is 5.75 Å². The highest BCUT2D eigenvalue weighted by Crippen LogP contribution is 2.25. The zero-order chi connectivity index (χ0) is 13.6. The van der Waals surface area contributed by atoms with Crippen LogP contribution in [0.3, 0.4) is 0 Å². The van der Waals surface area contributed by atoms with Crippen molar-refractivity contribution in [1.82, 2.24) is 5.32 Å². The monoisotopic (exact) mass is 250 g/mol. The zero-order valence-electron chi connectivity index (χ0n) is 11.3. The second-order valence-electron chi connectivity index (χ2n) is 5.24. The first-order valence-corrected chi connectivity index (χ1v) is 6.20. The van der Waals surface area contributed by atoms with Gasteiger partial charge in [-0.2, -0.15) is 0 Å². The molecule has 0 radical (unpaired) electrons. The fourth-order valence-electron chi connectivity index (χ4n) is 1.46. The Bertz CT molecular complexity index is 397. The Labute approximate surface area is 109 Å². The summed E-state index contributed by atoms with van der Waals surface area (Å²) < 4.78 is 5.21. The van der Waals surface area contributed by atoms with Crippen LogP contribution in [-0.2, 0) is 5.41 Å². The molecule has 0 atom stereocenters. The van der Waals surface area contributed by atoms with Gasteiger partial charge in [0.15, 0.2) is 0 Å². The highest BCUT2D eigenvalue weighted by atomic mass is 16.6. The van der Waals surface area contributed by atoms with E-state index >= 15 is 0 Å². The third-order valence-corrected chi connectivity index (χ3v) is 2.56. The van der Waals surface area contributed by atoms with E-state index < -0.39 is 6.09 Å². The first kappa shape index (κ1) is 14.5. The van der Waals surface area contributed by atoms with Crippen molar-refractivity contribution in [2.24, 2.45) is 5.73 Å². The van der Waals surface area contributed by atoms with E-state index in [0.717, 1.165) is 12.0 Å². The number of ether oxygens (including phenoxy) is 1. The van der Waals surface area contributed by atoms with Gasteiger partial charge in [0.2, 0.25) is 0 Å². The number of benzene rings is 1. The quantitative estimate of drug-likeness (QED) is 0.807. The molecule has 0 bridgehead atoms. The lowest BCUT2D eigenvalue weighted by Crippen LogP contribution is -2.29. The molecule has 0 spiro atoms. The number of carbonyl (C=O) groups is 1. The molecule has 0 aliphatic heterocycles. The number of hydrogen-bond acceptors (Lipinski definition) is 3. The van der Waals surface area contributed by atoms with E-state index in [1.165, 1.54) is 0 Å². The summed E-state index contributed by atoms with van der Waals surface area (Å²) in [5, 5.41) is 2.65.